The van der Waals surface area contributed by atoms with Crippen molar-refractivity contribution in [2.75, 3.05) is 38.2 Å². The van der Waals surface area contributed by atoms with Gasteiger partial charge in [0.05, 0.1) is 18.4 Å². The van der Waals surface area contributed by atoms with Crippen LogP contribution in [0.5, 0.6) is 5.75 Å². The van der Waals surface area contributed by atoms with E-state index in [1.54, 1.807) is 18.1 Å². The van der Waals surface area contributed by atoms with Crippen LogP contribution in [0.2, 0.25) is 0 Å². The molecule has 0 aliphatic carbocycles. The number of hydrogen-bond donors (Lipinski definition) is 0. The molecular formula is C18H24N2O5. The van der Waals surface area contributed by atoms with Crippen molar-refractivity contribution in [1.82, 2.24) is 4.90 Å². The molecule has 2 heterocycles. The highest BCUT2D eigenvalue weighted by molar-refractivity contribution is 5.95. The molecule has 3 rings (SSSR count). The summed E-state index contributed by atoms with van der Waals surface area (Å²) in [6, 6.07) is 3.68. The summed E-state index contributed by atoms with van der Waals surface area (Å²) in [6.45, 7) is 8.37. The first-order chi connectivity index (χ1) is 11.8. The summed E-state index contributed by atoms with van der Waals surface area (Å²) in [5.41, 5.74) is 1.86. The van der Waals surface area contributed by atoms with Gasteiger partial charge in [-0.1, -0.05) is 0 Å². The molecule has 136 valence electrons. The van der Waals surface area contributed by atoms with Crippen LogP contribution in [0.15, 0.2) is 12.1 Å². The average molecular weight is 348 g/mol. The smallest absolute Gasteiger partial charge is 0.410 e. The van der Waals surface area contributed by atoms with Gasteiger partial charge in [-0.05, 0) is 32.9 Å². The first-order valence-corrected chi connectivity index (χ1v) is 8.39. The van der Waals surface area contributed by atoms with Gasteiger partial charge in [0.2, 0.25) is 0 Å². The van der Waals surface area contributed by atoms with Gasteiger partial charge in [0, 0.05) is 31.7 Å². The first-order valence-electron chi connectivity index (χ1n) is 8.39. The van der Waals surface area contributed by atoms with Crippen molar-refractivity contribution in [3.05, 3.63) is 23.3 Å². The Bertz CT molecular complexity index is 687. The second-order valence-corrected chi connectivity index (χ2v) is 7.21. The van der Waals surface area contributed by atoms with Crippen LogP contribution in [0.4, 0.5) is 10.5 Å². The number of carbonyl (C=O) groups is 2. The van der Waals surface area contributed by atoms with E-state index >= 15 is 0 Å². The highest BCUT2D eigenvalue weighted by Gasteiger charge is 2.29. The third kappa shape index (κ3) is 3.65. The third-order valence-electron chi connectivity index (χ3n) is 4.26. The Morgan fingerprint density at radius 3 is 2.44 bits per heavy atom. The predicted octanol–water partition coefficient (Wildman–Crippen LogP) is 2.42. The largest absolute Gasteiger partial charge is 0.495 e. The van der Waals surface area contributed by atoms with Crippen LogP contribution >= 0.6 is 0 Å². The van der Waals surface area contributed by atoms with Gasteiger partial charge in [0.15, 0.2) is 0 Å². The van der Waals surface area contributed by atoms with Crippen molar-refractivity contribution in [3.8, 4) is 5.75 Å². The van der Waals surface area contributed by atoms with E-state index in [4.69, 9.17) is 14.2 Å². The van der Waals surface area contributed by atoms with Crippen LogP contribution in [-0.4, -0.2) is 55.9 Å². The van der Waals surface area contributed by atoms with E-state index < -0.39 is 5.60 Å². The third-order valence-corrected chi connectivity index (χ3v) is 4.26. The molecule has 1 aromatic carbocycles. The molecule has 1 fully saturated rings. The summed E-state index contributed by atoms with van der Waals surface area (Å²) in [7, 11) is 1.59. The number of nitrogens with zero attached hydrogens (tertiary/aromatic N) is 2. The van der Waals surface area contributed by atoms with E-state index in [9.17, 15) is 9.59 Å². The van der Waals surface area contributed by atoms with Crippen LogP contribution in [0, 0.1) is 0 Å². The molecule has 0 N–H and O–H groups in total. The number of piperazine rings is 1. The lowest BCUT2D eigenvalue weighted by molar-refractivity contribution is 0.0240. The van der Waals surface area contributed by atoms with Crippen LogP contribution in [-0.2, 0) is 16.1 Å². The molecule has 0 aromatic heterocycles. The van der Waals surface area contributed by atoms with Crippen molar-refractivity contribution < 1.29 is 23.8 Å². The molecule has 0 saturated carbocycles. The van der Waals surface area contributed by atoms with Crippen molar-refractivity contribution in [2.45, 2.75) is 33.0 Å². The SMILES string of the molecule is COc1cc2c(cc1N1CCN(C(=O)OC(C)(C)C)CC1)COC2=O. The fourth-order valence-electron chi connectivity index (χ4n) is 3.01. The topological polar surface area (TPSA) is 68.3 Å². The number of cyclic esters (lactones) is 1. The molecule has 1 aromatic rings. The van der Waals surface area contributed by atoms with E-state index in [2.05, 4.69) is 4.90 Å². The normalized spacial score (nSPS) is 17.2. The molecule has 7 nitrogen and oxygen atoms in total. The lowest BCUT2D eigenvalue weighted by atomic mass is 10.1. The van der Waals surface area contributed by atoms with Crippen LogP contribution in [0.1, 0.15) is 36.7 Å². The van der Waals surface area contributed by atoms with E-state index in [1.165, 1.54) is 0 Å². The Balaban J connectivity index is 1.71. The average Bonchev–Trinajstić information content (AvgIpc) is 2.92. The Labute approximate surface area is 147 Å². The standard InChI is InChI=1S/C18H24N2O5/c1-18(2,3)25-17(22)20-7-5-19(6-8-20)14-9-12-11-24-16(21)13(12)10-15(14)23-4/h9-10H,5-8,11H2,1-4H3. The molecule has 0 radical (unpaired) electrons. The second kappa shape index (κ2) is 6.46. The van der Waals surface area contributed by atoms with Gasteiger partial charge >= 0.3 is 12.1 Å². The lowest BCUT2D eigenvalue weighted by Gasteiger charge is -2.37. The molecule has 0 spiro atoms. The second-order valence-electron chi connectivity index (χ2n) is 7.21. The highest BCUT2D eigenvalue weighted by Crippen LogP contribution is 2.35. The number of benzene rings is 1. The zero-order valence-electron chi connectivity index (χ0n) is 15.1. The molecule has 0 atom stereocenters. The van der Waals surface area contributed by atoms with Crippen molar-refractivity contribution >= 4 is 17.7 Å². The summed E-state index contributed by atoms with van der Waals surface area (Å²) in [5, 5.41) is 0. The zero-order valence-corrected chi connectivity index (χ0v) is 15.1. The maximum Gasteiger partial charge on any atom is 0.410 e. The summed E-state index contributed by atoms with van der Waals surface area (Å²) >= 11 is 0. The summed E-state index contributed by atoms with van der Waals surface area (Å²) in [4.78, 5) is 27.8. The molecule has 7 heteroatoms. The molecule has 0 bridgehead atoms. The van der Waals surface area contributed by atoms with Gasteiger partial charge in [-0.15, -0.1) is 0 Å². The summed E-state index contributed by atoms with van der Waals surface area (Å²) in [6.07, 6.45) is -0.285. The van der Waals surface area contributed by atoms with Gasteiger partial charge in [0.25, 0.3) is 0 Å². The number of amides is 1. The van der Waals surface area contributed by atoms with E-state index in [0.29, 0.717) is 44.1 Å². The Morgan fingerprint density at radius 2 is 1.84 bits per heavy atom. The Hall–Kier alpha value is -2.44. The minimum absolute atomic E-state index is 0.285. The molecule has 2 aliphatic heterocycles. The maximum absolute atomic E-state index is 12.2. The van der Waals surface area contributed by atoms with E-state index in [-0.39, 0.29) is 12.1 Å². The van der Waals surface area contributed by atoms with Crippen LogP contribution in [0.3, 0.4) is 0 Å². The molecule has 0 unspecified atom stereocenters. The molecule has 1 saturated heterocycles. The van der Waals surface area contributed by atoms with Crippen molar-refractivity contribution in [1.29, 1.82) is 0 Å². The van der Waals surface area contributed by atoms with Gasteiger partial charge in [0.1, 0.15) is 18.0 Å². The molecular weight excluding hydrogens is 324 g/mol. The fourth-order valence-corrected chi connectivity index (χ4v) is 3.01. The van der Waals surface area contributed by atoms with Crippen LogP contribution in [0.25, 0.3) is 0 Å². The number of fused-ring (bicyclic) bond motifs is 1. The lowest BCUT2D eigenvalue weighted by Crippen LogP contribution is -2.50. The van der Waals surface area contributed by atoms with Gasteiger partial charge in [-0.3, -0.25) is 0 Å². The molecule has 2 aliphatic rings. The number of methoxy groups -OCH3 is 1. The quantitative estimate of drug-likeness (QED) is 0.765. The minimum Gasteiger partial charge on any atom is -0.495 e. The Kier molecular flexibility index (Phi) is 4.49. The van der Waals surface area contributed by atoms with Gasteiger partial charge < -0.3 is 24.0 Å². The number of anilines is 1. The highest BCUT2D eigenvalue weighted by atomic mass is 16.6. The maximum atomic E-state index is 12.2. The molecule has 25 heavy (non-hydrogen) atoms. The van der Waals surface area contributed by atoms with Crippen molar-refractivity contribution in [3.63, 3.8) is 0 Å². The first kappa shape index (κ1) is 17.4. The number of rotatable bonds is 2. The monoisotopic (exact) mass is 348 g/mol. The minimum atomic E-state index is -0.496. The van der Waals surface area contributed by atoms with E-state index in [0.717, 1.165) is 11.3 Å². The number of carbonyl (C=O) groups excluding carboxylic acids is 2. The zero-order chi connectivity index (χ0) is 18.2. The van der Waals surface area contributed by atoms with Crippen molar-refractivity contribution in [2.24, 2.45) is 0 Å². The molecule has 1 amide bonds. The fraction of sp³-hybridized carbons (Fsp3) is 0.556. The predicted molar refractivity (Wildman–Crippen MR) is 92.1 cm³/mol. The van der Waals surface area contributed by atoms with E-state index in [1.807, 2.05) is 26.8 Å². The number of esters is 1. The number of hydrogen-bond acceptors (Lipinski definition) is 6. The Morgan fingerprint density at radius 1 is 1.16 bits per heavy atom. The van der Waals surface area contributed by atoms with Gasteiger partial charge in [-0.2, -0.15) is 0 Å². The summed E-state index contributed by atoms with van der Waals surface area (Å²) in [5.74, 6) is 0.331. The number of ether oxygens (including phenoxy) is 3. The van der Waals surface area contributed by atoms with Gasteiger partial charge in [-0.25, -0.2) is 9.59 Å². The van der Waals surface area contributed by atoms with Crippen LogP contribution < -0.4 is 9.64 Å². The summed E-state index contributed by atoms with van der Waals surface area (Å²) < 4.78 is 16.0.